The van der Waals surface area contributed by atoms with Crippen LogP contribution in [0.25, 0.3) is 0 Å². The maximum absolute atomic E-state index is 4.72. The van der Waals surface area contributed by atoms with E-state index in [9.17, 15) is 0 Å². The minimum atomic E-state index is 0.745. The van der Waals surface area contributed by atoms with Crippen molar-refractivity contribution in [3.05, 3.63) is 17.2 Å². The van der Waals surface area contributed by atoms with Crippen molar-refractivity contribution < 1.29 is 0 Å². The second-order valence-corrected chi connectivity index (χ2v) is 5.17. The largest absolute Gasteiger partial charge is 0.346 e. The second kappa shape index (κ2) is 4.38. The fraction of sp³-hybridized carbons (Fsp3) is 0.769. The minimum Gasteiger partial charge on any atom is -0.346 e. The number of aryl methyl sites for hydroxylation is 1. The van der Waals surface area contributed by atoms with Crippen molar-refractivity contribution in [1.82, 2.24) is 9.97 Å². The highest BCUT2D eigenvalue weighted by Crippen LogP contribution is 2.24. The molecule has 1 aliphatic rings. The zero-order chi connectivity index (χ0) is 10.8. The molecular weight excluding hydrogens is 184 g/mol. The van der Waals surface area contributed by atoms with Gasteiger partial charge >= 0.3 is 0 Å². The Morgan fingerprint density at radius 3 is 3.07 bits per heavy atom. The third-order valence-electron chi connectivity index (χ3n) is 3.58. The van der Waals surface area contributed by atoms with Crippen LogP contribution in [0.4, 0.5) is 0 Å². The predicted octanol–water partition coefficient (Wildman–Crippen LogP) is 3.12. The highest BCUT2D eigenvalue weighted by Gasteiger charge is 2.19. The van der Waals surface area contributed by atoms with Crippen LogP contribution in [-0.2, 0) is 19.3 Å². The molecule has 2 nitrogen and oxygen atoms in total. The molecule has 1 aliphatic carbocycles. The van der Waals surface area contributed by atoms with Crippen molar-refractivity contribution in [2.75, 3.05) is 0 Å². The summed E-state index contributed by atoms with van der Waals surface area (Å²) in [5, 5.41) is 0. The minimum absolute atomic E-state index is 0.745. The Morgan fingerprint density at radius 1 is 1.53 bits per heavy atom. The molecule has 0 spiro atoms. The molecule has 0 saturated carbocycles. The zero-order valence-electron chi connectivity index (χ0n) is 10.1. The number of aromatic nitrogens is 2. The van der Waals surface area contributed by atoms with Crippen molar-refractivity contribution in [2.24, 2.45) is 11.8 Å². The smallest absolute Gasteiger partial charge is 0.106 e. The number of H-pyrrole nitrogens is 1. The number of nitrogens with zero attached hydrogens (tertiary/aromatic N) is 1. The van der Waals surface area contributed by atoms with Crippen LogP contribution in [0, 0.1) is 11.8 Å². The van der Waals surface area contributed by atoms with Gasteiger partial charge in [0.1, 0.15) is 5.82 Å². The van der Waals surface area contributed by atoms with Crippen LogP contribution < -0.4 is 0 Å². The molecule has 2 atom stereocenters. The lowest BCUT2D eigenvalue weighted by Crippen LogP contribution is -2.10. The first-order valence-electron chi connectivity index (χ1n) is 6.25. The number of fused-ring (bicyclic) bond motifs is 1. The van der Waals surface area contributed by atoms with E-state index in [2.05, 4.69) is 25.8 Å². The van der Waals surface area contributed by atoms with E-state index >= 15 is 0 Å². The molecule has 0 bridgehead atoms. The molecule has 0 amide bonds. The van der Waals surface area contributed by atoms with E-state index in [0.717, 1.165) is 18.3 Å². The molecule has 0 aromatic carbocycles. The molecular formula is C13H22N2. The third kappa shape index (κ3) is 2.42. The number of hydrogen-bond donors (Lipinski definition) is 1. The highest BCUT2D eigenvalue weighted by atomic mass is 14.9. The van der Waals surface area contributed by atoms with E-state index in [0.29, 0.717) is 0 Å². The van der Waals surface area contributed by atoms with Crippen LogP contribution in [0.15, 0.2) is 0 Å². The van der Waals surface area contributed by atoms with Gasteiger partial charge < -0.3 is 4.98 Å². The van der Waals surface area contributed by atoms with Crippen LogP contribution in [0.1, 0.15) is 50.8 Å². The van der Waals surface area contributed by atoms with Gasteiger partial charge in [-0.1, -0.05) is 27.2 Å². The monoisotopic (exact) mass is 206 g/mol. The lowest BCUT2D eigenvalue weighted by molar-refractivity contribution is 0.491. The van der Waals surface area contributed by atoms with E-state index < -0.39 is 0 Å². The lowest BCUT2D eigenvalue weighted by Gasteiger charge is -2.15. The first kappa shape index (κ1) is 10.7. The standard InChI is InChI=1S/C13H22N2/c1-4-9(2)8-13-14-11-6-5-10(3)7-12(11)15-13/h9-10H,4-8H2,1-3H3,(H,14,15). The Kier molecular flexibility index (Phi) is 3.13. The van der Waals surface area contributed by atoms with E-state index in [-0.39, 0.29) is 0 Å². The molecule has 84 valence electrons. The van der Waals surface area contributed by atoms with Gasteiger partial charge in [0.2, 0.25) is 0 Å². The topological polar surface area (TPSA) is 28.7 Å². The first-order chi connectivity index (χ1) is 7.19. The van der Waals surface area contributed by atoms with Crippen molar-refractivity contribution in [3.63, 3.8) is 0 Å². The van der Waals surface area contributed by atoms with Crippen LogP contribution in [0.5, 0.6) is 0 Å². The van der Waals surface area contributed by atoms with E-state index in [1.54, 1.807) is 0 Å². The second-order valence-electron chi connectivity index (χ2n) is 5.17. The van der Waals surface area contributed by atoms with Gasteiger partial charge in [0.05, 0.1) is 5.69 Å². The van der Waals surface area contributed by atoms with Crippen molar-refractivity contribution >= 4 is 0 Å². The SMILES string of the molecule is CCC(C)Cc1nc2c([nH]1)CC(C)CC2. The summed E-state index contributed by atoms with van der Waals surface area (Å²) in [5.41, 5.74) is 2.75. The van der Waals surface area contributed by atoms with Gasteiger partial charge in [0.15, 0.2) is 0 Å². The Bertz CT molecular complexity index is 327. The molecule has 1 aromatic heterocycles. The molecule has 15 heavy (non-hydrogen) atoms. The molecule has 1 N–H and O–H groups in total. The number of imidazole rings is 1. The molecule has 1 aromatic rings. The van der Waals surface area contributed by atoms with Crippen LogP contribution in [0.2, 0.25) is 0 Å². The summed E-state index contributed by atoms with van der Waals surface area (Å²) in [4.78, 5) is 8.24. The average Bonchev–Trinajstić information content (AvgIpc) is 2.59. The molecule has 1 heterocycles. The predicted molar refractivity (Wildman–Crippen MR) is 62.9 cm³/mol. The fourth-order valence-electron chi connectivity index (χ4n) is 2.29. The summed E-state index contributed by atoms with van der Waals surface area (Å²) in [6.07, 6.45) is 6.02. The Morgan fingerprint density at radius 2 is 2.33 bits per heavy atom. The molecule has 2 rings (SSSR count). The van der Waals surface area contributed by atoms with Gasteiger partial charge in [-0.3, -0.25) is 0 Å². The summed E-state index contributed by atoms with van der Waals surface area (Å²) in [5.74, 6) is 2.79. The molecule has 2 unspecified atom stereocenters. The van der Waals surface area contributed by atoms with Gasteiger partial charge in [-0.25, -0.2) is 4.98 Å². The number of aromatic amines is 1. The van der Waals surface area contributed by atoms with Crippen molar-refractivity contribution in [1.29, 1.82) is 0 Å². The number of rotatable bonds is 3. The molecule has 0 saturated heterocycles. The van der Waals surface area contributed by atoms with Gasteiger partial charge in [-0.2, -0.15) is 0 Å². The van der Waals surface area contributed by atoms with Crippen LogP contribution in [-0.4, -0.2) is 9.97 Å². The van der Waals surface area contributed by atoms with Gasteiger partial charge in [-0.05, 0) is 31.1 Å². The molecule has 2 heteroatoms. The molecule has 0 radical (unpaired) electrons. The van der Waals surface area contributed by atoms with E-state index in [1.165, 1.54) is 42.9 Å². The van der Waals surface area contributed by atoms with E-state index in [4.69, 9.17) is 4.98 Å². The average molecular weight is 206 g/mol. The number of nitrogens with one attached hydrogen (secondary N) is 1. The van der Waals surface area contributed by atoms with Crippen molar-refractivity contribution in [2.45, 2.75) is 52.9 Å². The fourth-order valence-corrected chi connectivity index (χ4v) is 2.29. The normalized spacial score (nSPS) is 22.5. The quantitative estimate of drug-likeness (QED) is 0.808. The molecule has 0 aliphatic heterocycles. The van der Waals surface area contributed by atoms with Crippen molar-refractivity contribution in [3.8, 4) is 0 Å². The highest BCUT2D eigenvalue weighted by molar-refractivity contribution is 5.18. The Hall–Kier alpha value is -0.790. The Balaban J connectivity index is 2.09. The summed E-state index contributed by atoms with van der Waals surface area (Å²) < 4.78 is 0. The maximum atomic E-state index is 4.72. The Labute approximate surface area is 92.5 Å². The first-order valence-corrected chi connectivity index (χ1v) is 6.25. The summed E-state index contributed by atoms with van der Waals surface area (Å²) in [6.45, 7) is 6.87. The van der Waals surface area contributed by atoms with Gasteiger partial charge in [0, 0.05) is 12.1 Å². The van der Waals surface area contributed by atoms with Gasteiger partial charge in [0.25, 0.3) is 0 Å². The number of hydrogen-bond acceptors (Lipinski definition) is 1. The maximum Gasteiger partial charge on any atom is 0.106 e. The summed E-state index contributed by atoms with van der Waals surface area (Å²) in [7, 11) is 0. The third-order valence-corrected chi connectivity index (χ3v) is 3.58. The van der Waals surface area contributed by atoms with Crippen LogP contribution in [0.3, 0.4) is 0 Å². The van der Waals surface area contributed by atoms with Crippen LogP contribution >= 0.6 is 0 Å². The summed E-state index contributed by atoms with van der Waals surface area (Å²) >= 11 is 0. The lowest BCUT2D eigenvalue weighted by atomic mass is 9.92. The van der Waals surface area contributed by atoms with E-state index in [1.807, 2.05) is 0 Å². The summed E-state index contributed by atoms with van der Waals surface area (Å²) in [6, 6.07) is 0. The van der Waals surface area contributed by atoms with Gasteiger partial charge in [-0.15, -0.1) is 0 Å². The zero-order valence-corrected chi connectivity index (χ0v) is 10.1. The molecule has 0 fully saturated rings.